The second kappa shape index (κ2) is 3.84. The summed E-state index contributed by atoms with van der Waals surface area (Å²) in [6, 6.07) is 5.79. The largest absolute Gasteiger partial charge is 0.399 e. The first-order chi connectivity index (χ1) is 7.89. The minimum absolute atomic E-state index is 0.0984. The Morgan fingerprint density at radius 3 is 2.53 bits per heavy atom. The highest BCUT2D eigenvalue weighted by Crippen LogP contribution is 2.23. The van der Waals surface area contributed by atoms with Crippen LogP contribution in [0.5, 0.6) is 0 Å². The second-order valence-corrected chi connectivity index (χ2v) is 5.21. The van der Waals surface area contributed by atoms with Crippen molar-refractivity contribution in [3.05, 3.63) is 29.6 Å². The molecule has 0 bridgehead atoms. The molecule has 0 amide bonds. The van der Waals surface area contributed by atoms with E-state index in [1.165, 1.54) is 0 Å². The van der Waals surface area contributed by atoms with Crippen LogP contribution >= 0.6 is 0 Å². The monoisotopic (exact) mass is 231 g/mol. The van der Waals surface area contributed by atoms with Gasteiger partial charge in [0.05, 0.1) is 5.69 Å². The number of rotatable bonds is 1. The van der Waals surface area contributed by atoms with Crippen molar-refractivity contribution in [2.24, 2.45) is 0 Å². The van der Waals surface area contributed by atoms with Crippen LogP contribution in [-0.2, 0) is 5.41 Å². The molecule has 0 saturated carbocycles. The summed E-state index contributed by atoms with van der Waals surface area (Å²) in [4.78, 5) is 0. The van der Waals surface area contributed by atoms with Gasteiger partial charge in [-0.1, -0.05) is 20.8 Å². The van der Waals surface area contributed by atoms with E-state index in [2.05, 4.69) is 36.3 Å². The van der Waals surface area contributed by atoms with Gasteiger partial charge in [0.15, 0.2) is 5.82 Å². The van der Waals surface area contributed by atoms with E-state index in [9.17, 15) is 0 Å². The summed E-state index contributed by atoms with van der Waals surface area (Å²) >= 11 is 0. The molecule has 0 spiro atoms. The van der Waals surface area contributed by atoms with Crippen molar-refractivity contribution in [2.45, 2.75) is 33.1 Å². The Bertz CT molecular complexity index is 536. The van der Waals surface area contributed by atoms with Crippen LogP contribution in [0.1, 0.15) is 32.2 Å². The number of nitrogens with two attached hydrogens (primary N) is 1. The Morgan fingerprint density at radius 1 is 1.24 bits per heavy atom. The Kier molecular flexibility index (Phi) is 2.61. The van der Waals surface area contributed by atoms with Gasteiger partial charge in [0.1, 0.15) is 0 Å². The fourth-order valence-electron chi connectivity index (χ4n) is 1.62. The molecular formula is C12H17N5. The molecule has 1 aromatic carbocycles. The van der Waals surface area contributed by atoms with Crippen molar-refractivity contribution in [1.29, 1.82) is 0 Å². The number of nitrogens with zero attached hydrogens (tertiary/aromatic N) is 4. The first-order valence-electron chi connectivity index (χ1n) is 5.55. The zero-order valence-corrected chi connectivity index (χ0v) is 10.6. The molecule has 2 rings (SSSR count). The molecule has 0 aliphatic carbocycles. The number of aromatic nitrogens is 4. The van der Waals surface area contributed by atoms with E-state index in [1.54, 1.807) is 4.68 Å². The number of nitrogen functional groups attached to an aromatic ring is 1. The first kappa shape index (κ1) is 11.6. The zero-order chi connectivity index (χ0) is 12.6. The summed E-state index contributed by atoms with van der Waals surface area (Å²) in [5.74, 6) is 0.835. The average molecular weight is 231 g/mol. The number of tetrazole rings is 1. The fraction of sp³-hybridized carbons (Fsp3) is 0.417. The van der Waals surface area contributed by atoms with Crippen molar-refractivity contribution < 1.29 is 0 Å². The van der Waals surface area contributed by atoms with Crippen LogP contribution in [0.15, 0.2) is 18.2 Å². The standard InChI is InChI=1S/C12H17N5/c1-8-7-9(5-6-10(8)13)17-11(12(2,3)4)14-15-16-17/h5-7H,13H2,1-4H3. The van der Waals surface area contributed by atoms with E-state index in [1.807, 2.05) is 25.1 Å². The number of hydrogen-bond donors (Lipinski definition) is 1. The molecule has 17 heavy (non-hydrogen) atoms. The molecule has 0 atom stereocenters. The van der Waals surface area contributed by atoms with Crippen LogP contribution in [0, 0.1) is 6.92 Å². The summed E-state index contributed by atoms with van der Waals surface area (Å²) in [5.41, 5.74) is 8.45. The van der Waals surface area contributed by atoms with E-state index in [0.717, 1.165) is 22.8 Å². The lowest BCUT2D eigenvalue weighted by molar-refractivity contribution is 0.526. The topological polar surface area (TPSA) is 69.6 Å². The Labute approximate surface area is 101 Å². The van der Waals surface area contributed by atoms with Gasteiger partial charge in [-0.05, 0) is 41.1 Å². The summed E-state index contributed by atoms with van der Waals surface area (Å²) in [6.07, 6.45) is 0. The molecular weight excluding hydrogens is 214 g/mol. The van der Waals surface area contributed by atoms with Gasteiger partial charge in [0.2, 0.25) is 0 Å². The quantitative estimate of drug-likeness (QED) is 0.760. The maximum atomic E-state index is 5.81. The molecule has 2 aromatic rings. The molecule has 1 aromatic heterocycles. The molecule has 0 radical (unpaired) electrons. The third-order valence-electron chi connectivity index (χ3n) is 2.64. The Hall–Kier alpha value is -1.91. The van der Waals surface area contributed by atoms with E-state index in [4.69, 9.17) is 5.73 Å². The molecule has 0 aliphatic heterocycles. The number of benzene rings is 1. The predicted molar refractivity (Wildman–Crippen MR) is 67.0 cm³/mol. The van der Waals surface area contributed by atoms with E-state index in [-0.39, 0.29) is 5.41 Å². The van der Waals surface area contributed by atoms with Gasteiger partial charge >= 0.3 is 0 Å². The number of anilines is 1. The summed E-state index contributed by atoms with van der Waals surface area (Å²) < 4.78 is 1.76. The van der Waals surface area contributed by atoms with Gasteiger partial charge in [-0.15, -0.1) is 5.10 Å². The molecule has 90 valence electrons. The minimum Gasteiger partial charge on any atom is -0.399 e. The highest BCUT2D eigenvalue weighted by atomic mass is 15.5. The summed E-state index contributed by atoms with van der Waals surface area (Å²) in [6.45, 7) is 8.22. The second-order valence-electron chi connectivity index (χ2n) is 5.21. The lowest BCUT2D eigenvalue weighted by atomic mass is 9.95. The van der Waals surface area contributed by atoms with Crippen LogP contribution in [0.25, 0.3) is 5.69 Å². The summed E-state index contributed by atoms with van der Waals surface area (Å²) in [7, 11) is 0. The fourth-order valence-corrected chi connectivity index (χ4v) is 1.62. The van der Waals surface area contributed by atoms with Crippen LogP contribution in [-0.4, -0.2) is 20.2 Å². The zero-order valence-electron chi connectivity index (χ0n) is 10.6. The van der Waals surface area contributed by atoms with Crippen LogP contribution in [0.2, 0.25) is 0 Å². The lowest BCUT2D eigenvalue weighted by Gasteiger charge is -2.17. The predicted octanol–water partition coefficient (Wildman–Crippen LogP) is 1.85. The molecule has 0 aliphatic rings. The highest BCUT2D eigenvalue weighted by Gasteiger charge is 2.22. The molecule has 0 fully saturated rings. The van der Waals surface area contributed by atoms with Crippen LogP contribution < -0.4 is 5.73 Å². The van der Waals surface area contributed by atoms with Crippen molar-refractivity contribution in [2.75, 3.05) is 5.73 Å². The van der Waals surface area contributed by atoms with Gasteiger partial charge < -0.3 is 5.73 Å². The number of aryl methyl sites for hydroxylation is 1. The Morgan fingerprint density at radius 2 is 1.94 bits per heavy atom. The van der Waals surface area contributed by atoms with Gasteiger partial charge in [-0.2, -0.15) is 4.68 Å². The maximum Gasteiger partial charge on any atom is 0.162 e. The minimum atomic E-state index is -0.0984. The smallest absolute Gasteiger partial charge is 0.162 e. The van der Waals surface area contributed by atoms with E-state index in [0.29, 0.717) is 0 Å². The highest BCUT2D eigenvalue weighted by molar-refractivity contribution is 5.51. The third-order valence-corrected chi connectivity index (χ3v) is 2.64. The number of hydrogen-bond acceptors (Lipinski definition) is 4. The van der Waals surface area contributed by atoms with E-state index < -0.39 is 0 Å². The first-order valence-corrected chi connectivity index (χ1v) is 5.55. The average Bonchev–Trinajstić information content (AvgIpc) is 2.70. The molecule has 0 unspecified atom stereocenters. The lowest BCUT2D eigenvalue weighted by Crippen LogP contribution is -2.19. The Balaban J connectivity index is 2.54. The normalized spacial score (nSPS) is 11.8. The molecule has 1 heterocycles. The van der Waals surface area contributed by atoms with Gasteiger partial charge in [-0.3, -0.25) is 0 Å². The molecule has 2 N–H and O–H groups in total. The van der Waals surface area contributed by atoms with Crippen molar-refractivity contribution >= 4 is 5.69 Å². The van der Waals surface area contributed by atoms with E-state index >= 15 is 0 Å². The van der Waals surface area contributed by atoms with Gasteiger partial charge in [-0.25, -0.2) is 0 Å². The van der Waals surface area contributed by atoms with Crippen LogP contribution in [0.3, 0.4) is 0 Å². The van der Waals surface area contributed by atoms with Crippen molar-refractivity contribution in [3.8, 4) is 5.69 Å². The van der Waals surface area contributed by atoms with Gasteiger partial charge in [0, 0.05) is 11.1 Å². The van der Waals surface area contributed by atoms with Crippen molar-refractivity contribution in [1.82, 2.24) is 20.2 Å². The molecule has 0 saturated heterocycles. The maximum absolute atomic E-state index is 5.81. The van der Waals surface area contributed by atoms with Crippen LogP contribution in [0.4, 0.5) is 5.69 Å². The van der Waals surface area contributed by atoms with Crippen molar-refractivity contribution in [3.63, 3.8) is 0 Å². The summed E-state index contributed by atoms with van der Waals surface area (Å²) in [5, 5.41) is 11.9. The SMILES string of the molecule is Cc1cc(-n2nnnc2C(C)(C)C)ccc1N. The molecule has 5 heteroatoms. The third kappa shape index (κ3) is 2.13. The molecule has 5 nitrogen and oxygen atoms in total. The van der Waals surface area contributed by atoms with Gasteiger partial charge in [0.25, 0.3) is 0 Å².